The van der Waals surface area contributed by atoms with E-state index in [1.54, 1.807) is 0 Å². The van der Waals surface area contributed by atoms with E-state index in [4.69, 9.17) is 14.7 Å². The quantitative estimate of drug-likeness (QED) is 0.428. The second kappa shape index (κ2) is 10.3. The van der Waals surface area contributed by atoms with E-state index in [0.717, 1.165) is 75.1 Å². The van der Waals surface area contributed by atoms with Gasteiger partial charge in [0, 0.05) is 43.7 Å². The molecule has 4 fully saturated rings. The molecule has 4 aliphatic heterocycles. The van der Waals surface area contributed by atoms with Crippen molar-refractivity contribution in [2.75, 3.05) is 37.7 Å². The molecule has 4 saturated heterocycles. The maximum atomic E-state index is 14.5. The Morgan fingerprint density at radius 2 is 1.98 bits per heavy atom. The van der Waals surface area contributed by atoms with E-state index in [1.807, 2.05) is 12.1 Å². The number of phenolic OH excluding ortho intramolecular Hbond substituents is 1. The van der Waals surface area contributed by atoms with E-state index in [9.17, 15) is 9.50 Å². The molecule has 2 bridgehead atoms. The summed E-state index contributed by atoms with van der Waals surface area (Å²) in [6.07, 6.45) is 7.90. The highest BCUT2D eigenvalue weighted by molar-refractivity contribution is 5.90. The summed E-state index contributed by atoms with van der Waals surface area (Å²) in [5.41, 5.74) is 4.63. The van der Waals surface area contributed by atoms with Crippen LogP contribution in [-0.4, -0.2) is 76.6 Å². The van der Waals surface area contributed by atoms with Gasteiger partial charge in [-0.25, -0.2) is 4.39 Å². The third kappa shape index (κ3) is 4.53. The number of alkyl halides is 1. The predicted octanol–water partition coefficient (Wildman–Crippen LogP) is 5.07. The zero-order chi connectivity index (χ0) is 28.4. The number of halogens is 1. The number of hydrogen-bond donors (Lipinski definition) is 2. The third-order valence-electron chi connectivity index (χ3n) is 10.9. The highest BCUT2D eigenvalue weighted by Gasteiger charge is 2.49. The van der Waals surface area contributed by atoms with Crippen LogP contribution in [0.15, 0.2) is 30.3 Å². The number of nitrogens with zero attached hydrogens (tertiary/aromatic N) is 4. The van der Waals surface area contributed by atoms with Gasteiger partial charge in [-0.2, -0.15) is 9.97 Å². The number of aromatic hydroxyl groups is 1. The van der Waals surface area contributed by atoms with E-state index in [2.05, 4.69) is 40.2 Å². The minimum absolute atomic E-state index is 0.230. The number of fused-ring (bicyclic) bond motifs is 5. The monoisotopic (exact) mass is 571 g/mol. The maximum absolute atomic E-state index is 14.5. The Kier molecular flexibility index (Phi) is 6.56. The van der Waals surface area contributed by atoms with Crippen molar-refractivity contribution in [1.29, 1.82) is 0 Å². The molecule has 5 aliphatic rings. The van der Waals surface area contributed by atoms with Gasteiger partial charge in [0.15, 0.2) is 0 Å². The molecule has 3 aromatic rings. The van der Waals surface area contributed by atoms with E-state index in [1.165, 1.54) is 34.9 Å². The van der Waals surface area contributed by atoms with Crippen LogP contribution < -0.4 is 15.0 Å². The first-order valence-electron chi connectivity index (χ1n) is 16.2. The van der Waals surface area contributed by atoms with Gasteiger partial charge in [-0.1, -0.05) is 25.1 Å². The average Bonchev–Trinajstić information content (AvgIpc) is 3.64. The van der Waals surface area contributed by atoms with Gasteiger partial charge in [0.25, 0.3) is 0 Å². The standard InChI is InChI=1S/C34H42FN5O2/c1-2-21-5-3-6-23-13-27(41)15-29(31(21)23)22-7-10-28-30(14-22)37-33(38-32(28)39-18-25-8-9-26(19-39)36-25)42-20-34-11-4-12-40(34)17-24(35)16-34/h3,5-6,13,15,22,24-26,36,41H,2,4,7-12,14,16-20H2,1H3/t22?,24-,25-,26+,34+/m1/s1. The van der Waals surface area contributed by atoms with Crippen molar-refractivity contribution in [3.05, 3.63) is 52.7 Å². The van der Waals surface area contributed by atoms with E-state index >= 15 is 0 Å². The molecule has 7 nitrogen and oxygen atoms in total. The summed E-state index contributed by atoms with van der Waals surface area (Å²) < 4.78 is 20.9. The van der Waals surface area contributed by atoms with Gasteiger partial charge in [-0.05, 0) is 97.9 Å². The molecule has 8 rings (SSSR count). The Labute approximate surface area is 247 Å². The third-order valence-corrected chi connectivity index (χ3v) is 10.9. The lowest BCUT2D eigenvalue weighted by Crippen LogP contribution is -2.51. The van der Waals surface area contributed by atoms with E-state index < -0.39 is 6.17 Å². The lowest BCUT2D eigenvalue weighted by Gasteiger charge is -2.37. The van der Waals surface area contributed by atoms with Crippen LogP contribution in [0, 0.1) is 0 Å². The normalized spacial score (nSPS) is 30.6. The number of aryl methyl sites for hydroxylation is 1. The molecule has 1 unspecified atom stereocenters. The van der Waals surface area contributed by atoms with Crippen LogP contribution in [0.3, 0.4) is 0 Å². The van der Waals surface area contributed by atoms with Gasteiger partial charge < -0.3 is 20.1 Å². The lowest BCUT2D eigenvalue weighted by molar-refractivity contribution is 0.107. The largest absolute Gasteiger partial charge is 0.508 e. The minimum Gasteiger partial charge on any atom is -0.508 e. The van der Waals surface area contributed by atoms with Gasteiger partial charge in [0.1, 0.15) is 24.3 Å². The minimum atomic E-state index is -0.781. The second-order valence-corrected chi connectivity index (χ2v) is 13.5. The topological polar surface area (TPSA) is 73.8 Å². The summed E-state index contributed by atoms with van der Waals surface area (Å²) in [5.74, 6) is 1.61. The van der Waals surface area contributed by atoms with Crippen LogP contribution in [0.5, 0.6) is 11.8 Å². The van der Waals surface area contributed by atoms with Gasteiger partial charge in [-0.3, -0.25) is 4.90 Å². The van der Waals surface area contributed by atoms with E-state index in [0.29, 0.717) is 43.4 Å². The molecule has 0 amide bonds. The number of hydrogen-bond acceptors (Lipinski definition) is 7. The molecule has 8 heteroatoms. The fraction of sp³-hybridized carbons (Fsp3) is 0.588. The highest BCUT2D eigenvalue weighted by atomic mass is 19.1. The van der Waals surface area contributed by atoms with Crippen molar-refractivity contribution in [1.82, 2.24) is 20.2 Å². The molecule has 1 aliphatic carbocycles. The number of rotatable bonds is 6. The fourth-order valence-corrected chi connectivity index (χ4v) is 8.92. The first kappa shape index (κ1) is 26.6. The number of benzene rings is 2. The molecule has 2 aromatic carbocycles. The maximum Gasteiger partial charge on any atom is 0.318 e. The summed E-state index contributed by atoms with van der Waals surface area (Å²) in [6, 6.07) is 11.7. The number of aromatic nitrogens is 2. The summed E-state index contributed by atoms with van der Waals surface area (Å²) >= 11 is 0. The molecule has 42 heavy (non-hydrogen) atoms. The molecule has 0 spiro atoms. The Hall–Kier alpha value is -2.97. The summed E-state index contributed by atoms with van der Waals surface area (Å²) in [6.45, 7) is 6.03. The number of phenols is 1. The number of piperazine rings is 1. The van der Waals surface area contributed by atoms with Crippen LogP contribution in [0.4, 0.5) is 10.2 Å². The smallest absolute Gasteiger partial charge is 0.318 e. The van der Waals surface area contributed by atoms with Crippen LogP contribution in [0.1, 0.15) is 73.8 Å². The fourth-order valence-electron chi connectivity index (χ4n) is 8.92. The van der Waals surface area contributed by atoms with Gasteiger partial charge in [0.05, 0.1) is 11.2 Å². The molecule has 222 valence electrons. The molecule has 1 aromatic heterocycles. The Morgan fingerprint density at radius 1 is 1.12 bits per heavy atom. The summed E-state index contributed by atoms with van der Waals surface area (Å²) in [5, 5.41) is 16.8. The molecular formula is C34H42FN5O2. The van der Waals surface area contributed by atoms with Crippen LogP contribution >= 0.6 is 0 Å². The molecule has 2 N–H and O–H groups in total. The molecule has 5 heterocycles. The molecule has 0 saturated carbocycles. The number of ether oxygens (including phenoxy) is 1. The second-order valence-electron chi connectivity index (χ2n) is 13.5. The van der Waals surface area contributed by atoms with Crippen molar-refractivity contribution in [3.63, 3.8) is 0 Å². The molecular weight excluding hydrogens is 529 g/mol. The Morgan fingerprint density at radius 3 is 2.81 bits per heavy atom. The SMILES string of the molecule is CCc1cccc2cc(O)cc(C3CCc4c(nc(OC[C@@]56CCCN5C[C@H](F)C6)nc4N4C[C@H]5CC[C@@H](C4)N5)C3)c12. The first-order valence-corrected chi connectivity index (χ1v) is 16.2. The Balaban J connectivity index is 1.15. The number of anilines is 1. The van der Waals surface area contributed by atoms with Crippen molar-refractivity contribution in [2.45, 2.75) is 94.4 Å². The first-order chi connectivity index (χ1) is 20.5. The van der Waals surface area contributed by atoms with Crippen molar-refractivity contribution >= 4 is 16.6 Å². The summed E-state index contributed by atoms with van der Waals surface area (Å²) in [7, 11) is 0. The average molecular weight is 572 g/mol. The number of nitrogens with one attached hydrogen (secondary N) is 1. The Bertz CT molecular complexity index is 1500. The van der Waals surface area contributed by atoms with E-state index in [-0.39, 0.29) is 11.5 Å². The summed E-state index contributed by atoms with van der Waals surface area (Å²) in [4.78, 5) is 14.9. The van der Waals surface area contributed by atoms with Crippen molar-refractivity contribution in [3.8, 4) is 11.8 Å². The van der Waals surface area contributed by atoms with Crippen molar-refractivity contribution in [2.24, 2.45) is 0 Å². The van der Waals surface area contributed by atoms with Crippen LogP contribution in [-0.2, 0) is 19.3 Å². The zero-order valence-corrected chi connectivity index (χ0v) is 24.6. The highest BCUT2D eigenvalue weighted by Crippen LogP contribution is 2.43. The lowest BCUT2D eigenvalue weighted by atomic mass is 9.79. The van der Waals surface area contributed by atoms with Gasteiger partial charge in [-0.15, -0.1) is 0 Å². The van der Waals surface area contributed by atoms with Crippen LogP contribution in [0.25, 0.3) is 10.8 Å². The molecule has 5 atom stereocenters. The molecule has 0 radical (unpaired) electrons. The zero-order valence-electron chi connectivity index (χ0n) is 24.6. The van der Waals surface area contributed by atoms with Gasteiger partial charge in [0.2, 0.25) is 0 Å². The predicted molar refractivity (Wildman–Crippen MR) is 162 cm³/mol. The van der Waals surface area contributed by atoms with Crippen molar-refractivity contribution < 1.29 is 14.2 Å². The van der Waals surface area contributed by atoms with Gasteiger partial charge >= 0.3 is 6.01 Å². The van der Waals surface area contributed by atoms with Crippen LogP contribution in [0.2, 0.25) is 0 Å².